The quantitative estimate of drug-likeness (QED) is 0.118. The Morgan fingerprint density at radius 2 is 1.38 bits per heavy atom. The Balaban J connectivity index is 0.000000254. The van der Waals surface area contributed by atoms with E-state index in [-0.39, 0.29) is 20.1 Å². The Bertz CT molecular complexity index is 2810. The first-order valence-electron chi connectivity index (χ1n) is 19.8. The zero-order valence-corrected chi connectivity index (χ0v) is 38.6. The van der Waals surface area contributed by atoms with Gasteiger partial charge in [-0.1, -0.05) is 113 Å². The number of aryl methyl sites for hydroxylation is 1. The summed E-state index contributed by atoms with van der Waals surface area (Å²) in [5.74, 6) is 1.56. The molecule has 0 saturated heterocycles. The molecule has 0 spiro atoms. The molecule has 0 saturated carbocycles. The third-order valence-electron chi connectivity index (χ3n) is 10.6. The summed E-state index contributed by atoms with van der Waals surface area (Å²) in [6.45, 7) is 18.2. The first-order valence-corrected chi connectivity index (χ1v) is 24.1. The maximum absolute atomic E-state index is 5.25. The van der Waals surface area contributed by atoms with Crippen LogP contribution >= 0.6 is 11.3 Å². The second-order valence-corrected chi connectivity index (χ2v) is 22.5. The number of nitrogens with zero attached hydrogens (tertiary/aromatic N) is 4. The zero-order valence-electron chi connectivity index (χ0n) is 34.4. The molecule has 293 valence electrons. The van der Waals surface area contributed by atoms with Crippen molar-refractivity contribution in [3.8, 4) is 39.5 Å². The van der Waals surface area contributed by atoms with Crippen LogP contribution in [0.25, 0.3) is 70.8 Å². The van der Waals surface area contributed by atoms with Crippen LogP contribution in [0.3, 0.4) is 0 Å². The number of rotatable bonds is 7. The average Bonchev–Trinajstić information content (AvgIpc) is 3.78. The molecule has 0 N–H and O–H groups in total. The molecule has 4 nitrogen and oxygen atoms in total. The molecule has 0 aliphatic rings. The second kappa shape index (κ2) is 17.0. The maximum atomic E-state index is 5.25. The Morgan fingerprint density at radius 3 is 2.03 bits per heavy atom. The number of fused-ring (bicyclic) bond motifs is 4. The van der Waals surface area contributed by atoms with Gasteiger partial charge >= 0.3 is 0 Å². The summed E-state index contributed by atoms with van der Waals surface area (Å²) < 4.78 is 3.59. The first-order chi connectivity index (χ1) is 27.5. The number of imidazole rings is 1. The summed E-state index contributed by atoms with van der Waals surface area (Å²) in [5.41, 5.74) is 12.6. The standard InChI is InChI=1S/C37H32N3S.C14H16NSi.Ir/c1-22(2)29-20-27(25-11-7-6-8-12-25)21-30(23(3)4)35(29)40-33-14-10-9-13-32(33)39-36(40)26-16-18-34-31(19-26)28-17-15-24(5)38-37(28)41-34;1-16(2,3)13-9-10-14(15-11-13)12-7-5-4-6-8-12;/h6-15,17-23H,1-5H3;4-7,9-11H,1-3H3;/q2*-1;. The van der Waals surface area contributed by atoms with Gasteiger partial charge in [-0.2, -0.15) is 11.3 Å². The molecule has 1 radical (unpaired) electrons. The molecule has 5 aromatic carbocycles. The molecule has 0 aliphatic heterocycles. The summed E-state index contributed by atoms with van der Waals surface area (Å²) in [7, 11) is -1.23. The van der Waals surface area contributed by atoms with Gasteiger partial charge in [0.1, 0.15) is 4.83 Å². The summed E-state index contributed by atoms with van der Waals surface area (Å²) in [5, 5.41) is 3.79. The van der Waals surface area contributed by atoms with E-state index in [0.717, 1.165) is 44.2 Å². The maximum Gasteiger partial charge on any atom is 0.114 e. The molecule has 4 aromatic heterocycles. The molecule has 0 aliphatic carbocycles. The van der Waals surface area contributed by atoms with Gasteiger partial charge in [0.15, 0.2) is 0 Å². The Kier molecular flexibility index (Phi) is 12.1. The molecular weight excluding hydrogens is 921 g/mol. The molecular formula is C51H48IrN4SSi-2. The number of hydrogen-bond acceptors (Lipinski definition) is 4. The number of pyridine rings is 2. The fraction of sp³-hybridized carbons (Fsp3) is 0.196. The van der Waals surface area contributed by atoms with Crippen LogP contribution in [0.1, 0.15) is 56.4 Å². The summed E-state index contributed by atoms with van der Waals surface area (Å²) in [6, 6.07) is 51.7. The van der Waals surface area contributed by atoms with Crippen LogP contribution in [-0.2, 0) is 20.1 Å². The van der Waals surface area contributed by atoms with E-state index in [4.69, 9.17) is 9.97 Å². The predicted octanol–water partition coefficient (Wildman–Crippen LogP) is 13.6. The van der Waals surface area contributed by atoms with E-state index in [9.17, 15) is 0 Å². The summed E-state index contributed by atoms with van der Waals surface area (Å²) >= 11 is 1.73. The summed E-state index contributed by atoms with van der Waals surface area (Å²) in [4.78, 5) is 15.6. The summed E-state index contributed by atoms with van der Waals surface area (Å²) in [6.07, 6.45) is 2.02. The number of benzene rings is 5. The largest absolute Gasteiger partial charge is 0.333 e. The topological polar surface area (TPSA) is 43.6 Å². The smallest absolute Gasteiger partial charge is 0.114 e. The fourth-order valence-corrected chi connectivity index (χ4v) is 9.54. The van der Waals surface area contributed by atoms with Crippen molar-refractivity contribution >= 4 is 55.9 Å². The zero-order chi connectivity index (χ0) is 39.8. The molecule has 0 unspecified atom stereocenters. The second-order valence-electron chi connectivity index (χ2n) is 16.4. The number of para-hydroxylation sites is 2. The van der Waals surface area contributed by atoms with Crippen LogP contribution in [0.15, 0.2) is 134 Å². The molecule has 4 heterocycles. The van der Waals surface area contributed by atoms with Gasteiger partial charge in [-0.3, -0.25) is 4.98 Å². The molecule has 58 heavy (non-hydrogen) atoms. The van der Waals surface area contributed by atoms with E-state index in [1.807, 2.05) is 37.4 Å². The Morgan fingerprint density at radius 1 is 0.672 bits per heavy atom. The third-order valence-corrected chi connectivity index (χ3v) is 13.7. The van der Waals surface area contributed by atoms with Gasteiger partial charge in [0.05, 0.1) is 24.9 Å². The van der Waals surface area contributed by atoms with E-state index in [1.165, 1.54) is 48.6 Å². The Hall–Kier alpha value is -5.04. The van der Waals surface area contributed by atoms with E-state index in [2.05, 4.69) is 172 Å². The van der Waals surface area contributed by atoms with Crippen LogP contribution in [0.4, 0.5) is 0 Å². The number of aromatic nitrogens is 4. The minimum atomic E-state index is -1.23. The van der Waals surface area contributed by atoms with Gasteiger partial charge < -0.3 is 9.55 Å². The third kappa shape index (κ3) is 8.28. The molecule has 0 fully saturated rings. The van der Waals surface area contributed by atoms with Gasteiger partial charge in [0.2, 0.25) is 0 Å². The van der Waals surface area contributed by atoms with Crippen LogP contribution < -0.4 is 5.19 Å². The minimum Gasteiger partial charge on any atom is -0.333 e. The van der Waals surface area contributed by atoms with E-state index in [1.54, 1.807) is 11.3 Å². The number of thiophene rings is 1. The van der Waals surface area contributed by atoms with Gasteiger partial charge in [0.25, 0.3) is 0 Å². The molecule has 7 heteroatoms. The van der Waals surface area contributed by atoms with Crippen molar-refractivity contribution in [1.82, 2.24) is 19.5 Å². The van der Waals surface area contributed by atoms with E-state index < -0.39 is 8.07 Å². The SMILES string of the molecule is C[Si](C)(C)c1ccc(-c2[c-]cccc2)nc1.Cc1ccc2c(n1)sc1c[c-]c(-c3nc4ccccc4n3-c3c(C(C)C)cc(-c4ccccc4)cc3C(C)C)cc12.[Ir]. The van der Waals surface area contributed by atoms with Gasteiger partial charge in [-0.05, 0) is 92.3 Å². The van der Waals surface area contributed by atoms with Crippen molar-refractivity contribution in [2.75, 3.05) is 0 Å². The van der Waals surface area contributed by atoms with E-state index >= 15 is 0 Å². The predicted molar refractivity (Wildman–Crippen MR) is 246 cm³/mol. The molecule has 0 atom stereocenters. The van der Waals surface area contributed by atoms with Crippen molar-refractivity contribution < 1.29 is 20.1 Å². The monoisotopic (exact) mass is 969 g/mol. The molecule has 0 bridgehead atoms. The first kappa shape index (κ1) is 41.1. The van der Waals surface area contributed by atoms with Crippen LogP contribution in [0.5, 0.6) is 0 Å². The van der Waals surface area contributed by atoms with Gasteiger partial charge in [-0.25, -0.2) is 4.98 Å². The van der Waals surface area contributed by atoms with Crippen LogP contribution in [0.2, 0.25) is 19.6 Å². The van der Waals surface area contributed by atoms with Crippen molar-refractivity contribution in [3.63, 3.8) is 0 Å². The molecule has 9 rings (SSSR count). The molecule has 9 aromatic rings. The molecule has 0 amide bonds. The number of hydrogen-bond donors (Lipinski definition) is 0. The van der Waals surface area contributed by atoms with Crippen LogP contribution in [0, 0.1) is 19.1 Å². The van der Waals surface area contributed by atoms with Gasteiger partial charge in [-0.15, -0.1) is 59.7 Å². The minimum absolute atomic E-state index is 0. The normalized spacial score (nSPS) is 11.6. The van der Waals surface area contributed by atoms with Gasteiger partial charge in [0, 0.05) is 37.7 Å². The van der Waals surface area contributed by atoms with E-state index in [0.29, 0.717) is 11.8 Å². The van der Waals surface area contributed by atoms with Crippen molar-refractivity contribution in [1.29, 1.82) is 0 Å². The fourth-order valence-electron chi connectivity index (χ4n) is 7.42. The van der Waals surface area contributed by atoms with Crippen molar-refractivity contribution in [2.24, 2.45) is 0 Å². The van der Waals surface area contributed by atoms with Crippen molar-refractivity contribution in [2.45, 2.75) is 66.1 Å². The average molecular weight is 969 g/mol. The Labute approximate surface area is 361 Å². The van der Waals surface area contributed by atoms with Crippen LogP contribution in [-0.4, -0.2) is 27.6 Å². The van der Waals surface area contributed by atoms with Crippen molar-refractivity contribution in [3.05, 3.63) is 163 Å².